The van der Waals surface area contributed by atoms with Crippen LogP contribution in [-0.2, 0) is 16.2 Å². The summed E-state index contributed by atoms with van der Waals surface area (Å²) in [5.74, 6) is 0. The van der Waals surface area contributed by atoms with Crippen molar-refractivity contribution < 1.29 is 45.5 Å². The largest absolute Gasteiger partial charge is 0.456 e. The highest BCUT2D eigenvalue weighted by Gasteiger charge is 2.47. The van der Waals surface area contributed by atoms with E-state index in [9.17, 15) is 32.9 Å². The van der Waals surface area contributed by atoms with E-state index in [1.54, 1.807) is 62.3 Å². The summed E-state index contributed by atoms with van der Waals surface area (Å²) in [5, 5.41) is -1.64. The minimum atomic E-state index is -2.05. The Morgan fingerprint density at radius 1 is 0.431 bits per heavy atom. The Balaban J connectivity index is 1.28. The summed E-state index contributed by atoms with van der Waals surface area (Å²) in [6, 6.07) is -25.0. The molecule has 0 radical (unpaired) electrons. The van der Waals surface area contributed by atoms with Crippen molar-refractivity contribution >= 4 is 118 Å². The molecule has 5 heterocycles. The molecule has 0 aliphatic carbocycles. The average Bonchev–Trinajstić information content (AvgIpc) is 1.15. The summed E-state index contributed by atoms with van der Waals surface area (Å²) >= 11 is 0. The van der Waals surface area contributed by atoms with Crippen LogP contribution in [0.25, 0.3) is 49.4 Å². The number of anilines is 9. The van der Waals surface area contributed by atoms with Crippen molar-refractivity contribution in [2.75, 3.05) is 14.7 Å². The quantitative estimate of drug-likeness (QED) is 0.164. The number of hydrogen-bond donors (Lipinski definition) is 0. The van der Waals surface area contributed by atoms with Crippen LogP contribution in [0.15, 0.2) is 186 Å². The molecule has 0 unspecified atom stereocenters. The topological polar surface area (TPSA) is 27.8 Å². The average molecular weight is 963 g/mol. The van der Waals surface area contributed by atoms with E-state index >= 15 is 0 Å². The zero-order chi connectivity index (χ0) is 75.3. The van der Waals surface area contributed by atoms with E-state index in [1.165, 1.54) is 4.90 Å². The maximum absolute atomic E-state index is 11.1. The van der Waals surface area contributed by atoms with Gasteiger partial charge < -0.3 is 23.7 Å². The molecule has 0 bridgehead atoms. The van der Waals surface area contributed by atoms with Crippen molar-refractivity contribution in [1.82, 2.24) is 4.57 Å². The number of rotatable bonds is 4. The molecule has 0 atom stereocenters. The number of benzene rings is 9. The van der Waals surface area contributed by atoms with Crippen molar-refractivity contribution in [3.05, 3.63) is 198 Å². The molecule has 72 heavy (non-hydrogen) atoms. The molecular weight excluding hydrogens is 876 g/mol. The smallest absolute Gasteiger partial charge is 0.252 e. The van der Waals surface area contributed by atoms with Gasteiger partial charge in [0.1, 0.15) is 11.2 Å². The van der Waals surface area contributed by atoms with Crippen molar-refractivity contribution in [3.8, 4) is 5.69 Å². The van der Waals surface area contributed by atoms with E-state index in [-0.39, 0.29) is 33.0 Å². The van der Waals surface area contributed by atoms with E-state index in [2.05, 4.69) is 0 Å². The standard InChI is InChI=1S/C66H57BN4O/c1-64(2,3)40-24-28-43(29-25-40)68(44-30-26-41(27-31-44)65(4,5)6)45-33-35-51-56(38-45)69(46-32-34-49-48-17-11-13-23-59(48)72-60(49)39-46)57-36-42(66(7,8)9)37-58-61(57)67(51)52-19-15-22-55-63(52)71(58)54-21-14-18-50-47-16-10-12-20-53(47)70(55)62(50)54/h10-39H,1-9H3/i10D,11D,12D,13D,14D,15D,16D,17D,18D,19D,20D,21D,22D,23D,24D,25D,26D,27D,28D,29D,30D,31D,32D,33D,34D,35D,36D,37D,38D,39D. The molecule has 9 aromatic carbocycles. The Kier molecular flexibility index (Phi) is 4.57. The van der Waals surface area contributed by atoms with E-state index in [0.29, 0.717) is 4.90 Å². The van der Waals surface area contributed by atoms with E-state index in [1.807, 2.05) is 0 Å². The first-order valence-electron chi connectivity index (χ1n) is 38.2. The molecule has 350 valence electrons. The van der Waals surface area contributed by atoms with Gasteiger partial charge in [-0.1, -0.05) is 153 Å². The first-order chi connectivity index (χ1) is 47.2. The van der Waals surface area contributed by atoms with Crippen LogP contribution in [0.1, 0.15) is 120 Å². The van der Waals surface area contributed by atoms with Gasteiger partial charge >= 0.3 is 0 Å². The SMILES string of the molecule is [2H]c1c([2H])c2c3c(c1[2H])-n1c4c([2H])c([2H])c([2H])c([2H])c4c4c([2H])c([2H])c([2H])c(c41)N3c1c([2H])c(C(C)(C)C)c([2H])c3c1B2c1c([2H])c([2H])c(N(c2c([2H])c([2H])c(C(C)(C)C)c([2H])c2[2H])c2c([2H])c([2H])c(C(C)(C)C)c([2H])c2[2H])c([2H])c1N3c1c([2H])c([2H])c2c(oc3c([2H])c([2H])c([2H])c([2H])c32)c1[2H]. The molecule has 0 saturated heterocycles. The molecule has 0 N–H and O–H groups in total. The summed E-state index contributed by atoms with van der Waals surface area (Å²) in [7, 11) is 0. The van der Waals surface area contributed by atoms with Gasteiger partial charge in [-0.05, 0) is 134 Å². The molecule has 6 heteroatoms. The van der Waals surface area contributed by atoms with Gasteiger partial charge in [-0.3, -0.25) is 0 Å². The molecule has 11 aromatic rings. The predicted octanol–water partition coefficient (Wildman–Crippen LogP) is 16.4. The molecule has 14 rings (SSSR count). The number of hydrogen-bond acceptors (Lipinski definition) is 4. The van der Waals surface area contributed by atoms with Gasteiger partial charge in [0.2, 0.25) is 0 Å². The van der Waals surface area contributed by atoms with Crippen molar-refractivity contribution in [3.63, 3.8) is 0 Å². The monoisotopic (exact) mass is 963 g/mol. The maximum atomic E-state index is 11.1. The van der Waals surface area contributed by atoms with Gasteiger partial charge in [-0.15, -0.1) is 0 Å². The second-order valence-corrected chi connectivity index (χ2v) is 21.1. The second-order valence-electron chi connectivity index (χ2n) is 21.1. The number of furan rings is 1. The van der Waals surface area contributed by atoms with E-state index in [0.717, 1.165) is 9.47 Å². The Labute approximate surface area is 464 Å². The first-order valence-corrected chi connectivity index (χ1v) is 23.2. The van der Waals surface area contributed by atoms with Gasteiger partial charge in [0.25, 0.3) is 6.71 Å². The zero-order valence-electron chi connectivity index (χ0n) is 70.3. The molecule has 0 saturated carbocycles. The first kappa shape index (κ1) is 22.2. The van der Waals surface area contributed by atoms with Crippen LogP contribution in [0.3, 0.4) is 0 Å². The van der Waals surface area contributed by atoms with Crippen molar-refractivity contribution in [1.29, 1.82) is 0 Å². The summed E-state index contributed by atoms with van der Waals surface area (Å²) < 4.78 is 301. The Morgan fingerprint density at radius 3 is 1.71 bits per heavy atom. The lowest BCUT2D eigenvalue weighted by Gasteiger charge is -2.47. The molecule has 3 aliphatic heterocycles. The molecular formula is C66H57BN4O. The van der Waals surface area contributed by atoms with Crippen molar-refractivity contribution in [2.24, 2.45) is 0 Å². The lowest BCUT2D eigenvalue weighted by atomic mass is 9.33. The minimum absolute atomic E-state index is 0.148. The summed E-state index contributed by atoms with van der Waals surface area (Å²) in [6.45, 7) is 12.4. The molecule has 0 spiro atoms. The Hall–Kier alpha value is -7.96. The summed E-state index contributed by atoms with van der Waals surface area (Å²) in [4.78, 5) is 2.67. The van der Waals surface area contributed by atoms with Gasteiger partial charge in [-0.25, -0.2) is 0 Å². The highest BCUT2D eigenvalue weighted by molar-refractivity contribution is 7.00. The summed E-state index contributed by atoms with van der Waals surface area (Å²) in [5.41, 5.74) is -14.6. The van der Waals surface area contributed by atoms with Crippen LogP contribution >= 0.6 is 0 Å². The highest BCUT2D eigenvalue weighted by atomic mass is 16.3. The molecule has 0 fully saturated rings. The maximum Gasteiger partial charge on any atom is 0.252 e. The number of nitrogens with zero attached hydrogens (tertiary/aromatic N) is 4. The lowest BCUT2D eigenvalue weighted by Crippen LogP contribution is -2.62. The fourth-order valence-corrected chi connectivity index (χ4v) is 9.77. The van der Waals surface area contributed by atoms with Gasteiger partial charge in [0.15, 0.2) is 0 Å². The fourth-order valence-electron chi connectivity index (χ4n) is 9.77. The normalized spacial score (nSPS) is 19.7. The fraction of sp³-hybridized carbons (Fsp3) is 0.182. The van der Waals surface area contributed by atoms with Crippen LogP contribution in [-0.4, -0.2) is 11.3 Å². The van der Waals surface area contributed by atoms with Crippen LogP contribution < -0.4 is 31.1 Å². The number of para-hydroxylation sites is 4. The Morgan fingerprint density at radius 2 is 1.01 bits per heavy atom. The minimum Gasteiger partial charge on any atom is -0.456 e. The third kappa shape index (κ3) is 6.14. The second kappa shape index (κ2) is 14.8. The number of fused-ring (bicyclic) bond motifs is 12. The van der Waals surface area contributed by atoms with Gasteiger partial charge in [-0.2, -0.15) is 0 Å². The van der Waals surface area contributed by atoms with Gasteiger partial charge in [0, 0.05) is 67.4 Å². The molecule has 3 aliphatic rings. The molecule has 2 aromatic heterocycles. The van der Waals surface area contributed by atoms with Crippen LogP contribution in [0.4, 0.5) is 51.2 Å². The third-order valence-electron chi connectivity index (χ3n) is 13.3. The van der Waals surface area contributed by atoms with Gasteiger partial charge in [0.05, 0.1) is 69.2 Å². The third-order valence-corrected chi connectivity index (χ3v) is 13.3. The van der Waals surface area contributed by atoms with Crippen LogP contribution in [0, 0.1) is 0 Å². The highest BCUT2D eigenvalue weighted by Crippen LogP contribution is 2.54. The predicted molar refractivity (Wildman–Crippen MR) is 306 cm³/mol. The summed E-state index contributed by atoms with van der Waals surface area (Å²) in [6.07, 6.45) is 0. The van der Waals surface area contributed by atoms with E-state index in [4.69, 9.17) is 12.6 Å². The van der Waals surface area contributed by atoms with Crippen LogP contribution in [0.2, 0.25) is 0 Å². The molecule has 5 nitrogen and oxygen atoms in total. The van der Waals surface area contributed by atoms with Crippen LogP contribution in [0.5, 0.6) is 0 Å². The number of aromatic nitrogens is 1. The Bertz CT molecular complexity index is 5740. The van der Waals surface area contributed by atoms with E-state index < -0.39 is 305 Å². The molecule has 0 amide bonds. The van der Waals surface area contributed by atoms with Crippen molar-refractivity contribution in [2.45, 2.75) is 78.6 Å². The zero-order valence-corrected chi connectivity index (χ0v) is 40.3. The lowest BCUT2D eigenvalue weighted by molar-refractivity contribution is 0.590.